The molecule has 0 aromatic heterocycles. The van der Waals surface area contributed by atoms with Crippen molar-refractivity contribution in [2.24, 2.45) is 0 Å². The van der Waals surface area contributed by atoms with E-state index in [1.807, 2.05) is 0 Å². The summed E-state index contributed by atoms with van der Waals surface area (Å²) in [7, 11) is 1.27. The Morgan fingerprint density at radius 2 is 0.875 bits per heavy atom. The van der Waals surface area contributed by atoms with Crippen LogP contribution in [0.4, 0.5) is 0 Å². The Morgan fingerprint density at radius 3 is 1.17 bits per heavy atom. The number of hydrogen-bond acceptors (Lipinski definition) is 0. The summed E-state index contributed by atoms with van der Waals surface area (Å²) < 4.78 is 0. The van der Waals surface area contributed by atoms with Crippen LogP contribution >= 0.6 is 8.07 Å². The van der Waals surface area contributed by atoms with Crippen molar-refractivity contribution >= 4 is 20.1 Å². The van der Waals surface area contributed by atoms with E-state index in [0.717, 1.165) is 0 Å². The molecule has 3 aromatic rings. The summed E-state index contributed by atoms with van der Waals surface area (Å²) in [4.78, 5) is 2.72. The molecule has 1 aliphatic rings. The molecule has 0 atom stereocenters. The van der Waals surface area contributed by atoms with Gasteiger partial charge in [-0.3, -0.25) is 0 Å². The van der Waals surface area contributed by atoms with E-state index in [9.17, 15) is 0 Å². The molecule has 1 fully saturated rings. The Balaban J connectivity index is 2.21. The molecular formula is C45H67BNP. The fourth-order valence-corrected chi connectivity index (χ4v) is 9.57. The van der Waals surface area contributed by atoms with Crippen LogP contribution in [0.15, 0.2) is 42.5 Å². The summed E-state index contributed by atoms with van der Waals surface area (Å²) >= 11 is 0. The molecular weight excluding hydrogens is 596 g/mol. The second-order valence-electron chi connectivity index (χ2n) is 17.9. The van der Waals surface area contributed by atoms with Crippen molar-refractivity contribution < 1.29 is 0 Å². The Hall–Kier alpha value is -2.02. The predicted molar refractivity (Wildman–Crippen MR) is 218 cm³/mol. The zero-order chi connectivity index (χ0) is 35.9. The fourth-order valence-electron chi connectivity index (χ4n) is 8.06. The predicted octanol–water partition coefficient (Wildman–Crippen LogP) is 13.9. The minimum absolute atomic E-state index is 0.125. The van der Waals surface area contributed by atoms with E-state index in [1.54, 1.807) is 0 Å². The maximum absolute atomic E-state index is 2.72. The molecule has 0 bridgehead atoms. The molecule has 0 spiro atoms. The first-order valence-corrected chi connectivity index (χ1v) is 20.1. The van der Waals surface area contributed by atoms with Gasteiger partial charge in [0.2, 0.25) is 0 Å². The second kappa shape index (κ2) is 15.1. The normalized spacial score (nSPS) is 16.8. The Morgan fingerprint density at radius 1 is 0.542 bits per heavy atom. The first-order chi connectivity index (χ1) is 22.3. The van der Waals surface area contributed by atoms with E-state index in [2.05, 4.69) is 165 Å². The molecule has 260 valence electrons. The van der Waals surface area contributed by atoms with Gasteiger partial charge in [0, 0.05) is 0 Å². The van der Waals surface area contributed by atoms with Gasteiger partial charge in [-0.25, -0.2) is 0 Å². The van der Waals surface area contributed by atoms with Crippen molar-refractivity contribution in [3.63, 3.8) is 0 Å². The van der Waals surface area contributed by atoms with E-state index in [1.165, 1.54) is 88.3 Å². The third kappa shape index (κ3) is 7.97. The van der Waals surface area contributed by atoms with Gasteiger partial charge < -0.3 is 0 Å². The first-order valence-electron chi connectivity index (χ1n) is 19.1. The zero-order valence-corrected chi connectivity index (χ0v) is 34.5. The van der Waals surface area contributed by atoms with Crippen molar-refractivity contribution in [2.45, 2.75) is 177 Å². The summed E-state index contributed by atoms with van der Waals surface area (Å²) in [5.74, 6) is 2.70. The summed E-state index contributed by atoms with van der Waals surface area (Å²) in [6.07, 6.45) is 3.75. The fraction of sp³-hybridized carbons (Fsp3) is 0.600. The SMILES string of the molecule is CC(C)c1cc(C(C)C)c(-c2cccc(-c3c(C(C)C)cc(C(C)C)cc3C(C)C)c2P=BN2C(C)(C)CCCC2(C)C)c(C(C)C)c1. The number of nitrogens with zero attached hydrogens (tertiary/aromatic N) is 1. The number of hydrogen-bond donors (Lipinski definition) is 0. The molecule has 0 unspecified atom stereocenters. The second-order valence-corrected chi connectivity index (χ2v) is 18.8. The molecule has 0 amide bonds. The Kier molecular flexibility index (Phi) is 12.2. The van der Waals surface area contributed by atoms with E-state index in [4.69, 9.17) is 0 Å². The van der Waals surface area contributed by atoms with Crippen LogP contribution in [0.3, 0.4) is 0 Å². The molecule has 0 saturated carbocycles. The van der Waals surface area contributed by atoms with Crippen LogP contribution in [0, 0.1) is 0 Å². The van der Waals surface area contributed by atoms with Crippen LogP contribution in [-0.4, -0.2) is 22.6 Å². The Labute approximate surface area is 298 Å². The van der Waals surface area contributed by atoms with Crippen molar-refractivity contribution in [1.29, 1.82) is 0 Å². The maximum atomic E-state index is 2.72. The molecule has 4 rings (SSSR count). The van der Waals surface area contributed by atoms with E-state index in [0.29, 0.717) is 35.5 Å². The Bertz CT molecular complexity index is 1450. The van der Waals surface area contributed by atoms with Gasteiger partial charge in [0.25, 0.3) is 0 Å². The van der Waals surface area contributed by atoms with E-state index < -0.39 is 0 Å². The summed E-state index contributed by atoms with van der Waals surface area (Å²) in [6, 6.07) is 17.4. The average molecular weight is 664 g/mol. The number of benzene rings is 3. The molecule has 1 saturated heterocycles. The van der Waals surface area contributed by atoms with Crippen LogP contribution < -0.4 is 5.30 Å². The van der Waals surface area contributed by atoms with E-state index >= 15 is 0 Å². The molecule has 1 aliphatic heterocycles. The molecule has 0 radical (unpaired) electrons. The number of piperidine rings is 1. The monoisotopic (exact) mass is 664 g/mol. The van der Waals surface area contributed by atoms with Crippen LogP contribution in [0.1, 0.15) is 199 Å². The molecule has 1 heterocycles. The quantitative estimate of drug-likeness (QED) is 0.154. The van der Waals surface area contributed by atoms with Crippen molar-refractivity contribution in [2.75, 3.05) is 0 Å². The van der Waals surface area contributed by atoms with Gasteiger partial charge in [-0.2, -0.15) is 0 Å². The van der Waals surface area contributed by atoms with Gasteiger partial charge in [-0.05, 0) is 0 Å². The minimum atomic E-state index is 0.125. The summed E-state index contributed by atoms with van der Waals surface area (Å²) in [5, 5.41) is 1.46. The van der Waals surface area contributed by atoms with Gasteiger partial charge in [0.15, 0.2) is 0 Å². The molecule has 0 N–H and O–H groups in total. The van der Waals surface area contributed by atoms with Crippen LogP contribution in [0.5, 0.6) is 0 Å². The molecule has 48 heavy (non-hydrogen) atoms. The average Bonchev–Trinajstić information content (AvgIpc) is 2.98. The van der Waals surface area contributed by atoms with Gasteiger partial charge >= 0.3 is 300 Å². The zero-order valence-electron chi connectivity index (χ0n) is 33.6. The third-order valence-electron chi connectivity index (χ3n) is 11.0. The van der Waals surface area contributed by atoms with Crippen LogP contribution in [0.25, 0.3) is 22.3 Å². The summed E-state index contributed by atoms with van der Waals surface area (Å²) in [5.41, 5.74) is 14.9. The first kappa shape index (κ1) is 38.8. The topological polar surface area (TPSA) is 3.24 Å². The van der Waals surface area contributed by atoms with Gasteiger partial charge in [-0.15, -0.1) is 0 Å². The van der Waals surface area contributed by atoms with Crippen molar-refractivity contribution in [3.8, 4) is 22.3 Å². The van der Waals surface area contributed by atoms with Crippen molar-refractivity contribution in [1.82, 2.24) is 4.81 Å². The van der Waals surface area contributed by atoms with Crippen LogP contribution in [0.2, 0.25) is 0 Å². The number of rotatable bonds is 10. The van der Waals surface area contributed by atoms with Crippen LogP contribution in [-0.2, 0) is 0 Å². The van der Waals surface area contributed by atoms with Gasteiger partial charge in [-0.1, -0.05) is 0 Å². The summed E-state index contributed by atoms with van der Waals surface area (Å²) in [6.45, 7) is 40.8. The van der Waals surface area contributed by atoms with Gasteiger partial charge in [0.1, 0.15) is 0 Å². The van der Waals surface area contributed by atoms with Crippen molar-refractivity contribution in [3.05, 3.63) is 75.8 Å². The molecule has 3 heteroatoms. The standard InChI is InChI=1S/C45H67BNP/c1-27(2)33-23-37(29(5)6)41(38(24-33)30(7)8)35-19-17-20-36(43(35)48-46-47-44(13,14)21-18-22-45(47,15)16)42-39(31(9)10)25-34(28(3)4)26-40(42)32(11)12/h17,19-20,23-32H,18,21-22H2,1-16H3. The molecule has 0 aliphatic carbocycles. The molecule has 3 aromatic carbocycles. The molecule has 1 nitrogen and oxygen atoms in total. The third-order valence-corrected chi connectivity index (χ3v) is 12.1. The van der Waals surface area contributed by atoms with E-state index in [-0.39, 0.29) is 11.1 Å². The van der Waals surface area contributed by atoms with Gasteiger partial charge in [0.05, 0.1) is 0 Å².